The number of pyridine rings is 1. The second kappa shape index (κ2) is 3.22. The largest absolute Gasteiger partial charge is 0.297 e. The van der Waals surface area contributed by atoms with Gasteiger partial charge >= 0.3 is 0 Å². The Bertz CT molecular complexity index is 623. The van der Waals surface area contributed by atoms with Crippen LogP contribution in [0.1, 0.15) is 49.8 Å². The average Bonchev–Trinajstić information content (AvgIpc) is 2.60. The summed E-state index contributed by atoms with van der Waals surface area (Å²) in [6, 6.07) is 5.82. The van der Waals surface area contributed by atoms with Crippen LogP contribution in [0.15, 0.2) is 24.4 Å². The number of fused-ring (bicyclic) bond motifs is 1. The highest BCUT2D eigenvalue weighted by Crippen LogP contribution is 2.73. The molecular formula is C15H18N2O. The van der Waals surface area contributed by atoms with Crippen molar-refractivity contribution in [2.24, 2.45) is 10.8 Å². The van der Waals surface area contributed by atoms with Gasteiger partial charge in [0.1, 0.15) is 11.3 Å². The molecule has 0 radical (unpaired) electrons. The van der Waals surface area contributed by atoms with Crippen LogP contribution in [0, 0.1) is 10.8 Å². The van der Waals surface area contributed by atoms with E-state index < -0.39 is 0 Å². The fourth-order valence-corrected chi connectivity index (χ4v) is 3.24. The molecule has 0 aliphatic heterocycles. The van der Waals surface area contributed by atoms with Crippen LogP contribution in [0.3, 0.4) is 0 Å². The molecule has 0 bridgehead atoms. The normalized spacial score (nSPS) is 21.1. The van der Waals surface area contributed by atoms with Crippen molar-refractivity contribution in [3.05, 3.63) is 35.8 Å². The summed E-state index contributed by atoms with van der Waals surface area (Å²) in [4.78, 5) is 16.1. The van der Waals surface area contributed by atoms with Crippen molar-refractivity contribution in [3.63, 3.8) is 0 Å². The number of aldehydes is 1. The smallest absolute Gasteiger partial charge is 0.168 e. The van der Waals surface area contributed by atoms with E-state index in [0.29, 0.717) is 11.6 Å². The minimum absolute atomic E-state index is 0.197. The van der Waals surface area contributed by atoms with E-state index in [1.165, 1.54) is 0 Å². The molecule has 1 saturated carbocycles. The van der Waals surface area contributed by atoms with Gasteiger partial charge in [0.15, 0.2) is 6.29 Å². The Labute approximate surface area is 107 Å². The van der Waals surface area contributed by atoms with Gasteiger partial charge in [-0.1, -0.05) is 33.8 Å². The monoisotopic (exact) mass is 242 g/mol. The van der Waals surface area contributed by atoms with E-state index in [-0.39, 0.29) is 10.8 Å². The minimum Gasteiger partial charge on any atom is -0.297 e. The van der Waals surface area contributed by atoms with Gasteiger partial charge in [-0.3, -0.25) is 9.20 Å². The highest BCUT2D eigenvalue weighted by molar-refractivity contribution is 5.77. The summed E-state index contributed by atoms with van der Waals surface area (Å²) in [5, 5.41) is 0. The van der Waals surface area contributed by atoms with Crippen molar-refractivity contribution in [2.45, 2.75) is 33.6 Å². The number of carbonyl (C=O) groups is 1. The third-order valence-corrected chi connectivity index (χ3v) is 5.00. The zero-order valence-corrected chi connectivity index (χ0v) is 11.3. The van der Waals surface area contributed by atoms with E-state index in [4.69, 9.17) is 0 Å². The summed E-state index contributed by atoms with van der Waals surface area (Å²) < 4.78 is 1.88. The van der Waals surface area contributed by atoms with Crippen molar-refractivity contribution >= 4 is 11.9 Å². The molecule has 0 N–H and O–H groups in total. The molecule has 2 heterocycles. The summed E-state index contributed by atoms with van der Waals surface area (Å²) in [6.07, 6.45) is 2.83. The van der Waals surface area contributed by atoms with Crippen molar-refractivity contribution in [2.75, 3.05) is 0 Å². The van der Waals surface area contributed by atoms with Gasteiger partial charge in [-0.25, -0.2) is 4.98 Å². The molecule has 18 heavy (non-hydrogen) atoms. The third kappa shape index (κ3) is 1.19. The van der Waals surface area contributed by atoms with Crippen molar-refractivity contribution in [1.82, 2.24) is 9.38 Å². The highest BCUT2D eigenvalue weighted by atomic mass is 16.1. The fourth-order valence-electron chi connectivity index (χ4n) is 3.24. The molecule has 2 aromatic heterocycles. The molecule has 3 nitrogen and oxygen atoms in total. The zero-order chi connectivity index (χ0) is 13.1. The second-order valence-electron chi connectivity index (χ2n) is 6.31. The molecular weight excluding hydrogens is 224 g/mol. The third-order valence-electron chi connectivity index (χ3n) is 5.00. The topological polar surface area (TPSA) is 34.4 Å². The van der Waals surface area contributed by atoms with Crippen LogP contribution >= 0.6 is 0 Å². The molecule has 0 aromatic carbocycles. The van der Waals surface area contributed by atoms with E-state index in [2.05, 4.69) is 32.7 Å². The van der Waals surface area contributed by atoms with Crippen LogP contribution < -0.4 is 0 Å². The van der Waals surface area contributed by atoms with Crippen molar-refractivity contribution in [3.8, 4) is 0 Å². The van der Waals surface area contributed by atoms with Crippen LogP contribution in [0.5, 0.6) is 0 Å². The molecule has 0 atom stereocenters. The summed E-state index contributed by atoms with van der Waals surface area (Å²) >= 11 is 0. The van der Waals surface area contributed by atoms with Crippen LogP contribution in [-0.4, -0.2) is 15.7 Å². The van der Waals surface area contributed by atoms with Crippen LogP contribution in [0.2, 0.25) is 0 Å². The maximum atomic E-state index is 11.4. The SMILES string of the molecule is CC1(C)C(c2nc3ccccn3c2C=O)C1(C)C. The Kier molecular flexibility index (Phi) is 2.05. The van der Waals surface area contributed by atoms with Gasteiger partial charge in [0.05, 0.1) is 5.69 Å². The predicted molar refractivity (Wildman–Crippen MR) is 70.9 cm³/mol. The molecule has 0 saturated heterocycles. The quantitative estimate of drug-likeness (QED) is 0.757. The molecule has 0 spiro atoms. The molecule has 0 unspecified atom stereocenters. The lowest BCUT2D eigenvalue weighted by Crippen LogP contribution is -1.96. The van der Waals surface area contributed by atoms with Crippen molar-refractivity contribution in [1.29, 1.82) is 0 Å². The molecule has 1 aliphatic carbocycles. The molecule has 1 fully saturated rings. The highest BCUT2D eigenvalue weighted by Gasteiger charge is 2.66. The van der Waals surface area contributed by atoms with E-state index in [1.807, 2.05) is 28.8 Å². The summed E-state index contributed by atoms with van der Waals surface area (Å²) in [5.74, 6) is 0.352. The van der Waals surface area contributed by atoms with E-state index in [9.17, 15) is 4.79 Å². The van der Waals surface area contributed by atoms with Gasteiger partial charge in [0, 0.05) is 12.1 Å². The van der Waals surface area contributed by atoms with Crippen LogP contribution in [-0.2, 0) is 0 Å². The maximum absolute atomic E-state index is 11.4. The number of carbonyl (C=O) groups excluding carboxylic acids is 1. The van der Waals surface area contributed by atoms with Crippen LogP contribution in [0.4, 0.5) is 0 Å². The first-order valence-electron chi connectivity index (χ1n) is 6.33. The van der Waals surface area contributed by atoms with Gasteiger partial charge < -0.3 is 0 Å². The molecule has 3 heteroatoms. The molecule has 2 aromatic rings. The van der Waals surface area contributed by atoms with E-state index in [0.717, 1.165) is 17.6 Å². The summed E-state index contributed by atoms with van der Waals surface area (Å²) in [6.45, 7) is 8.99. The minimum atomic E-state index is 0.197. The van der Waals surface area contributed by atoms with Crippen molar-refractivity contribution < 1.29 is 4.79 Å². The average molecular weight is 242 g/mol. The Hall–Kier alpha value is -1.64. The Morgan fingerprint density at radius 1 is 1.22 bits per heavy atom. The number of nitrogens with zero attached hydrogens (tertiary/aromatic N) is 2. The number of aromatic nitrogens is 2. The van der Waals surface area contributed by atoms with Crippen LogP contribution in [0.25, 0.3) is 5.65 Å². The van der Waals surface area contributed by atoms with Gasteiger partial charge in [-0.05, 0) is 23.0 Å². The number of hydrogen-bond donors (Lipinski definition) is 0. The number of imidazole rings is 1. The zero-order valence-electron chi connectivity index (χ0n) is 11.3. The Morgan fingerprint density at radius 3 is 2.44 bits per heavy atom. The second-order valence-corrected chi connectivity index (χ2v) is 6.31. The van der Waals surface area contributed by atoms with Gasteiger partial charge in [0.2, 0.25) is 0 Å². The summed E-state index contributed by atoms with van der Waals surface area (Å²) in [7, 11) is 0. The first-order chi connectivity index (χ1) is 8.41. The first-order valence-corrected chi connectivity index (χ1v) is 6.33. The Morgan fingerprint density at radius 2 is 1.89 bits per heavy atom. The lowest BCUT2D eigenvalue weighted by Gasteiger charge is -2.03. The fraction of sp³-hybridized carbons (Fsp3) is 0.467. The summed E-state index contributed by atoms with van der Waals surface area (Å²) in [5.41, 5.74) is 2.90. The standard InChI is InChI=1S/C15H18N2O/c1-14(2)13(15(14,3)4)12-10(9-18)17-8-6-5-7-11(17)16-12/h5-9,13H,1-4H3. The maximum Gasteiger partial charge on any atom is 0.168 e. The molecule has 94 valence electrons. The molecule has 1 aliphatic rings. The molecule has 3 rings (SSSR count). The number of hydrogen-bond acceptors (Lipinski definition) is 2. The van der Waals surface area contributed by atoms with Gasteiger partial charge in [-0.15, -0.1) is 0 Å². The number of rotatable bonds is 2. The predicted octanol–water partition coefficient (Wildman–Crippen LogP) is 3.30. The lowest BCUT2D eigenvalue weighted by atomic mass is 10.0. The molecule has 0 amide bonds. The lowest BCUT2D eigenvalue weighted by molar-refractivity contribution is 0.111. The van der Waals surface area contributed by atoms with Gasteiger partial charge in [0.25, 0.3) is 0 Å². The van der Waals surface area contributed by atoms with Gasteiger partial charge in [-0.2, -0.15) is 0 Å². The first kappa shape index (κ1) is 11.5. The van der Waals surface area contributed by atoms with E-state index in [1.54, 1.807) is 0 Å². The Balaban J connectivity index is 2.23. The van der Waals surface area contributed by atoms with E-state index >= 15 is 0 Å².